The average molecular weight is 246 g/mol. The second-order valence-corrected chi connectivity index (χ2v) is 4.37. The van der Waals surface area contributed by atoms with Crippen LogP contribution in [0.3, 0.4) is 0 Å². The van der Waals surface area contributed by atoms with E-state index in [1.165, 1.54) is 0 Å². The molecule has 0 radical (unpaired) electrons. The number of nitrogens with two attached hydrogens (primary N) is 1. The summed E-state index contributed by atoms with van der Waals surface area (Å²) in [5, 5.41) is 7.81. The number of nitrogens with zero attached hydrogens (tertiary/aromatic N) is 4. The molecule has 1 aromatic carbocycles. The minimum absolute atomic E-state index is 0.120. The van der Waals surface area contributed by atoms with Crippen molar-refractivity contribution in [2.75, 3.05) is 19.0 Å². The lowest BCUT2D eigenvalue weighted by molar-refractivity contribution is 0.570. The quantitative estimate of drug-likeness (QED) is 0.605. The number of aryl methyl sites for hydroxylation is 1. The molecule has 0 fully saturated rings. The fourth-order valence-corrected chi connectivity index (χ4v) is 1.89. The van der Waals surface area contributed by atoms with E-state index in [0.29, 0.717) is 0 Å². The van der Waals surface area contributed by atoms with Gasteiger partial charge in [-0.15, -0.1) is 5.10 Å². The van der Waals surface area contributed by atoms with Gasteiger partial charge in [0, 0.05) is 26.8 Å². The maximum atomic E-state index is 5.66. The Balaban J connectivity index is 2.39. The van der Waals surface area contributed by atoms with Crippen LogP contribution >= 0.6 is 0 Å². The molecule has 1 heterocycles. The highest BCUT2D eigenvalue weighted by molar-refractivity contribution is 5.48. The molecule has 0 bridgehead atoms. The van der Waals surface area contributed by atoms with Crippen molar-refractivity contribution in [1.82, 2.24) is 20.4 Å². The van der Waals surface area contributed by atoms with E-state index in [-0.39, 0.29) is 6.04 Å². The molecule has 0 saturated heterocycles. The molecule has 1 aromatic heterocycles. The molecule has 6 heteroatoms. The second-order valence-electron chi connectivity index (χ2n) is 4.37. The molecule has 1 unspecified atom stereocenters. The minimum Gasteiger partial charge on any atom is -0.378 e. The van der Waals surface area contributed by atoms with Gasteiger partial charge in [-0.05, 0) is 17.7 Å². The zero-order valence-electron chi connectivity index (χ0n) is 10.8. The topological polar surface area (TPSA) is 72.0 Å². The van der Waals surface area contributed by atoms with Crippen molar-refractivity contribution in [2.24, 2.45) is 12.9 Å². The molecule has 3 N–H and O–H groups in total. The predicted molar refractivity (Wildman–Crippen MR) is 70.9 cm³/mol. The summed E-state index contributed by atoms with van der Waals surface area (Å²) in [4.78, 5) is 2.05. The Morgan fingerprint density at radius 2 is 2.17 bits per heavy atom. The number of hydrogen-bond donors (Lipinski definition) is 2. The van der Waals surface area contributed by atoms with E-state index in [4.69, 9.17) is 5.84 Å². The highest BCUT2D eigenvalue weighted by Gasteiger charge is 2.16. The summed E-state index contributed by atoms with van der Waals surface area (Å²) in [5.74, 6) is 5.66. The van der Waals surface area contributed by atoms with Crippen molar-refractivity contribution >= 4 is 5.69 Å². The number of nitrogens with one attached hydrogen (secondary N) is 1. The molecular formula is C12H18N6. The summed E-state index contributed by atoms with van der Waals surface area (Å²) in [7, 11) is 5.87. The first-order valence-electron chi connectivity index (χ1n) is 5.71. The lowest BCUT2D eigenvalue weighted by Gasteiger charge is -2.19. The largest absolute Gasteiger partial charge is 0.378 e. The first-order valence-corrected chi connectivity index (χ1v) is 5.71. The van der Waals surface area contributed by atoms with E-state index in [2.05, 4.69) is 32.8 Å². The fraction of sp³-hybridized carbons (Fsp3) is 0.333. The van der Waals surface area contributed by atoms with Crippen molar-refractivity contribution in [1.29, 1.82) is 0 Å². The van der Waals surface area contributed by atoms with Crippen LogP contribution in [-0.4, -0.2) is 29.1 Å². The van der Waals surface area contributed by atoms with Crippen LogP contribution in [0.15, 0.2) is 30.5 Å². The number of anilines is 1. The highest BCUT2D eigenvalue weighted by Crippen LogP contribution is 2.23. The predicted octanol–water partition coefficient (Wildman–Crippen LogP) is 0.434. The van der Waals surface area contributed by atoms with Crippen LogP contribution in [0.2, 0.25) is 0 Å². The third-order valence-corrected chi connectivity index (χ3v) is 2.93. The number of aromatic nitrogens is 3. The van der Waals surface area contributed by atoms with Crippen LogP contribution in [0, 0.1) is 0 Å². The number of hydrazine groups is 1. The zero-order chi connectivity index (χ0) is 13.1. The van der Waals surface area contributed by atoms with E-state index in [1.807, 2.05) is 33.3 Å². The lowest BCUT2D eigenvalue weighted by Crippen LogP contribution is -2.30. The van der Waals surface area contributed by atoms with Gasteiger partial charge < -0.3 is 4.90 Å². The summed E-state index contributed by atoms with van der Waals surface area (Å²) in [6.07, 6.45) is 1.72. The van der Waals surface area contributed by atoms with Gasteiger partial charge in [-0.1, -0.05) is 17.3 Å². The van der Waals surface area contributed by atoms with Crippen LogP contribution in [0.1, 0.15) is 17.3 Å². The Hall–Kier alpha value is -1.92. The van der Waals surface area contributed by atoms with E-state index in [1.54, 1.807) is 10.9 Å². The monoisotopic (exact) mass is 246 g/mol. The van der Waals surface area contributed by atoms with Crippen LogP contribution in [-0.2, 0) is 7.05 Å². The second kappa shape index (κ2) is 5.16. The van der Waals surface area contributed by atoms with Crippen LogP contribution in [0.25, 0.3) is 0 Å². The van der Waals surface area contributed by atoms with E-state index >= 15 is 0 Å². The van der Waals surface area contributed by atoms with E-state index < -0.39 is 0 Å². The third kappa shape index (κ3) is 2.34. The molecule has 1 atom stereocenters. The Labute approximate surface area is 106 Å². The molecule has 2 rings (SSSR count). The van der Waals surface area contributed by atoms with Crippen molar-refractivity contribution in [3.05, 3.63) is 41.7 Å². The standard InChI is InChI=1S/C12H18N6/c1-17(2)10-6-4-5-9(7-10)12(15-13)11-8-14-16-18(11)3/h4-8,12,15H,13H2,1-3H3. The lowest BCUT2D eigenvalue weighted by atomic mass is 10.0. The SMILES string of the molecule is CN(C)c1cccc(C(NN)c2cnnn2C)c1. The molecule has 6 nitrogen and oxygen atoms in total. The summed E-state index contributed by atoms with van der Waals surface area (Å²) in [6, 6.07) is 8.07. The first-order chi connectivity index (χ1) is 8.63. The minimum atomic E-state index is -0.120. The molecule has 0 spiro atoms. The molecule has 0 aliphatic rings. The number of benzene rings is 1. The summed E-state index contributed by atoms with van der Waals surface area (Å²) >= 11 is 0. The van der Waals surface area contributed by atoms with E-state index in [0.717, 1.165) is 16.9 Å². The Morgan fingerprint density at radius 3 is 2.72 bits per heavy atom. The normalized spacial score (nSPS) is 12.4. The summed E-state index contributed by atoms with van der Waals surface area (Å²) in [5.41, 5.74) is 5.94. The van der Waals surface area contributed by atoms with Gasteiger partial charge in [-0.3, -0.25) is 10.5 Å². The van der Waals surface area contributed by atoms with Gasteiger partial charge in [0.05, 0.1) is 17.9 Å². The van der Waals surface area contributed by atoms with Crippen LogP contribution in [0.5, 0.6) is 0 Å². The molecule has 96 valence electrons. The van der Waals surface area contributed by atoms with Gasteiger partial charge in [0.1, 0.15) is 0 Å². The van der Waals surface area contributed by atoms with Crippen molar-refractivity contribution in [3.8, 4) is 0 Å². The van der Waals surface area contributed by atoms with Gasteiger partial charge in [-0.2, -0.15) is 0 Å². The fourth-order valence-electron chi connectivity index (χ4n) is 1.89. The molecule has 18 heavy (non-hydrogen) atoms. The molecule has 2 aromatic rings. The van der Waals surface area contributed by atoms with Gasteiger partial charge in [0.2, 0.25) is 0 Å². The average Bonchev–Trinajstić information content (AvgIpc) is 2.77. The van der Waals surface area contributed by atoms with Gasteiger partial charge in [0.25, 0.3) is 0 Å². The smallest absolute Gasteiger partial charge is 0.0895 e. The molecule has 0 saturated carbocycles. The molecule has 0 aliphatic carbocycles. The van der Waals surface area contributed by atoms with E-state index in [9.17, 15) is 0 Å². The number of hydrogen-bond acceptors (Lipinski definition) is 5. The van der Waals surface area contributed by atoms with Crippen LogP contribution < -0.4 is 16.2 Å². The van der Waals surface area contributed by atoms with Gasteiger partial charge in [-0.25, -0.2) is 5.43 Å². The Kier molecular flexibility index (Phi) is 3.59. The van der Waals surface area contributed by atoms with Gasteiger partial charge in [0.15, 0.2) is 0 Å². The van der Waals surface area contributed by atoms with Crippen LogP contribution in [0.4, 0.5) is 5.69 Å². The van der Waals surface area contributed by atoms with Crippen molar-refractivity contribution < 1.29 is 0 Å². The first kappa shape index (κ1) is 12.5. The maximum absolute atomic E-state index is 5.66. The van der Waals surface area contributed by atoms with Crippen molar-refractivity contribution in [3.63, 3.8) is 0 Å². The number of rotatable bonds is 4. The molecule has 0 aliphatic heterocycles. The summed E-state index contributed by atoms with van der Waals surface area (Å²) in [6.45, 7) is 0. The third-order valence-electron chi connectivity index (χ3n) is 2.93. The Morgan fingerprint density at radius 1 is 1.39 bits per heavy atom. The highest BCUT2D eigenvalue weighted by atomic mass is 15.4. The Bertz CT molecular complexity index is 519. The van der Waals surface area contributed by atoms with Gasteiger partial charge >= 0.3 is 0 Å². The molecular weight excluding hydrogens is 228 g/mol. The summed E-state index contributed by atoms with van der Waals surface area (Å²) < 4.78 is 1.72. The maximum Gasteiger partial charge on any atom is 0.0895 e. The van der Waals surface area contributed by atoms with Crippen molar-refractivity contribution in [2.45, 2.75) is 6.04 Å². The molecule has 0 amide bonds. The zero-order valence-corrected chi connectivity index (χ0v) is 10.8.